The predicted octanol–water partition coefficient (Wildman–Crippen LogP) is 2.50. The van der Waals surface area contributed by atoms with Crippen molar-refractivity contribution >= 4 is 37.6 Å². The summed E-state index contributed by atoms with van der Waals surface area (Å²) in [6.07, 6.45) is 0.837. The molecule has 1 fully saturated rings. The van der Waals surface area contributed by atoms with Gasteiger partial charge in [0.25, 0.3) is 0 Å². The monoisotopic (exact) mass is 323 g/mol. The van der Waals surface area contributed by atoms with Gasteiger partial charge in [0.15, 0.2) is 0 Å². The number of hydrogen-bond donors (Lipinski definition) is 0. The molecule has 1 unspecified atom stereocenters. The van der Waals surface area contributed by atoms with Crippen molar-refractivity contribution in [3.05, 3.63) is 29.3 Å². The van der Waals surface area contributed by atoms with Crippen LogP contribution in [0.4, 0.5) is 0 Å². The highest BCUT2D eigenvalue weighted by Gasteiger charge is 2.32. The summed E-state index contributed by atoms with van der Waals surface area (Å²) in [7, 11) is -3.43. The molecule has 0 amide bonds. The Kier molecular flexibility index (Phi) is 3.59. The van der Waals surface area contributed by atoms with Gasteiger partial charge in [-0.2, -0.15) is 4.31 Å². The second-order valence-electron chi connectivity index (χ2n) is 3.68. The van der Waals surface area contributed by atoms with Gasteiger partial charge in [0.05, 0.1) is 5.02 Å². The molecule has 0 N–H and O–H groups in total. The van der Waals surface area contributed by atoms with E-state index in [4.69, 9.17) is 11.6 Å². The summed E-state index contributed by atoms with van der Waals surface area (Å²) >= 11 is 9.33. The lowest BCUT2D eigenvalue weighted by atomic mass is 10.4. The van der Waals surface area contributed by atoms with Gasteiger partial charge in [0, 0.05) is 17.9 Å². The zero-order chi connectivity index (χ0) is 11.8. The van der Waals surface area contributed by atoms with E-state index in [9.17, 15) is 8.42 Å². The lowest BCUT2D eigenvalue weighted by molar-refractivity contribution is 0.478. The van der Waals surface area contributed by atoms with Gasteiger partial charge < -0.3 is 0 Å². The smallest absolute Gasteiger partial charge is 0.207 e. The van der Waals surface area contributed by atoms with E-state index in [0.717, 1.165) is 6.42 Å². The van der Waals surface area contributed by atoms with Crippen molar-refractivity contribution in [2.24, 2.45) is 0 Å². The van der Waals surface area contributed by atoms with Crippen molar-refractivity contribution in [1.29, 1.82) is 0 Å². The molecular formula is C10H11BrClNO2S. The maximum Gasteiger partial charge on any atom is 0.244 e. The number of hydrogen-bond acceptors (Lipinski definition) is 2. The van der Waals surface area contributed by atoms with Crippen LogP contribution in [-0.2, 0) is 10.0 Å². The molecule has 0 saturated carbocycles. The zero-order valence-electron chi connectivity index (χ0n) is 8.44. The molecule has 0 radical (unpaired) electrons. The highest BCUT2D eigenvalue weighted by atomic mass is 79.9. The summed E-state index contributed by atoms with van der Waals surface area (Å²) in [6.45, 7) is 1.05. The first-order valence-corrected chi connectivity index (χ1v) is 7.64. The highest BCUT2D eigenvalue weighted by Crippen LogP contribution is 2.28. The van der Waals surface area contributed by atoms with E-state index in [-0.39, 0.29) is 14.7 Å². The highest BCUT2D eigenvalue weighted by molar-refractivity contribution is 9.09. The second-order valence-corrected chi connectivity index (χ2v) is 7.29. The number of sulfonamides is 1. The second kappa shape index (κ2) is 4.64. The normalized spacial score (nSPS) is 22.5. The molecule has 1 aromatic carbocycles. The van der Waals surface area contributed by atoms with Gasteiger partial charge in [-0.3, -0.25) is 0 Å². The van der Waals surface area contributed by atoms with E-state index in [0.29, 0.717) is 13.1 Å². The maximum absolute atomic E-state index is 12.2. The lowest BCUT2D eigenvalue weighted by Gasteiger charge is -2.16. The topological polar surface area (TPSA) is 37.4 Å². The van der Waals surface area contributed by atoms with Gasteiger partial charge in [-0.25, -0.2) is 8.42 Å². The summed E-state index contributed by atoms with van der Waals surface area (Å²) in [6, 6.07) is 6.54. The number of benzene rings is 1. The van der Waals surface area contributed by atoms with Crippen molar-refractivity contribution < 1.29 is 8.42 Å². The van der Waals surface area contributed by atoms with E-state index in [2.05, 4.69) is 15.9 Å². The summed E-state index contributed by atoms with van der Waals surface area (Å²) < 4.78 is 25.9. The van der Waals surface area contributed by atoms with E-state index in [1.54, 1.807) is 24.3 Å². The molecule has 1 heterocycles. The number of halogens is 2. The Morgan fingerprint density at radius 3 is 2.62 bits per heavy atom. The molecule has 0 aliphatic carbocycles. The van der Waals surface area contributed by atoms with E-state index >= 15 is 0 Å². The molecule has 6 heteroatoms. The fourth-order valence-electron chi connectivity index (χ4n) is 1.70. The van der Waals surface area contributed by atoms with Gasteiger partial charge >= 0.3 is 0 Å². The Morgan fingerprint density at radius 2 is 2.06 bits per heavy atom. The Hall–Kier alpha value is -0.100. The molecule has 16 heavy (non-hydrogen) atoms. The van der Waals surface area contributed by atoms with Crippen LogP contribution in [-0.4, -0.2) is 30.6 Å². The average Bonchev–Trinajstić information content (AvgIpc) is 2.66. The fraction of sp³-hybridized carbons (Fsp3) is 0.400. The van der Waals surface area contributed by atoms with E-state index < -0.39 is 10.0 Å². The molecule has 1 aliphatic rings. The first-order valence-electron chi connectivity index (χ1n) is 4.90. The SMILES string of the molecule is O=S(=O)(c1ccccc1Cl)N1CCC(Br)C1. The zero-order valence-corrected chi connectivity index (χ0v) is 11.6. The minimum absolute atomic E-state index is 0.193. The van der Waals surface area contributed by atoms with Crippen LogP contribution in [0, 0.1) is 0 Å². The maximum atomic E-state index is 12.2. The molecule has 0 bridgehead atoms. The molecule has 0 aromatic heterocycles. The summed E-state index contributed by atoms with van der Waals surface area (Å²) in [4.78, 5) is 0.433. The van der Waals surface area contributed by atoms with Gasteiger partial charge in [0.1, 0.15) is 4.90 Å². The largest absolute Gasteiger partial charge is 0.244 e. The van der Waals surface area contributed by atoms with Gasteiger partial charge in [-0.05, 0) is 18.6 Å². The Balaban J connectivity index is 2.36. The van der Waals surface area contributed by atoms with Crippen LogP contribution in [0.25, 0.3) is 0 Å². The number of rotatable bonds is 2. The molecule has 0 spiro atoms. The number of alkyl halides is 1. The third kappa shape index (κ3) is 2.27. The van der Waals surface area contributed by atoms with Crippen LogP contribution >= 0.6 is 27.5 Å². The third-order valence-corrected chi connectivity index (χ3v) is 5.66. The average molecular weight is 325 g/mol. The summed E-state index contributed by atoms with van der Waals surface area (Å²) in [5.41, 5.74) is 0. The van der Waals surface area contributed by atoms with Crippen LogP contribution in [0.2, 0.25) is 5.02 Å². The van der Waals surface area contributed by atoms with Gasteiger partial charge in [0.2, 0.25) is 10.0 Å². The Bertz CT molecular complexity index is 491. The molecule has 1 saturated heterocycles. The van der Waals surface area contributed by atoms with Crippen molar-refractivity contribution in [3.8, 4) is 0 Å². The fourth-order valence-corrected chi connectivity index (χ4v) is 4.44. The Labute approximate surface area is 109 Å². The van der Waals surface area contributed by atoms with Crippen LogP contribution in [0.15, 0.2) is 29.2 Å². The van der Waals surface area contributed by atoms with Crippen molar-refractivity contribution in [1.82, 2.24) is 4.31 Å². The predicted molar refractivity (Wildman–Crippen MR) is 67.5 cm³/mol. The third-order valence-electron chi connectivity index (χ3n) is 2.55. The van der Waals surface area contributed by atoms with Gasteiger partial charge in [-0.1, -0.05) is 39.7 Å². The Morgan fingerprint density at radius 1 is 1.38 bits per heavy atom. The molecule has 3 nitrogen and oxygen atoms in total. The summed E-state index contributed by atoms with van der Waals surface area (Å²) in [5.74, 6) is 0. The molecule has 2 rings (SSSR count). The van der Waals surface area contributed by atoms with E-state index in [1.807, 2.05) is 0 Å². The lowest BCUT2D eigenvalue weighted by Crippen LogP contribution is -2.29. The minimum Gasteiger partial charge on any atom is -0.207 e. The van der Waals surface area contributed by atoms with Crippen LogP contribution in [0.3, 0.4) is 0 Å². The van der Waals surface area contributed by atoms with E-state index in [1.165, 1.54) is 4.31 Å². The molecule has 88 valence electrons. The first kappa shape index (κ1) is 12.4. The van der Waals surface area contributed by atoms with Crippen LogP contribution < -0.4 is 0 Å². The molecule has 1 aliphatic heterocycles. The van der Waals surface area contributed by atoms with Crippen LogP contribution in [0.1, 0.15) is 6.42 Å². The van der Waals surface area contributed by atoms with Crippen molar-refractivity contribution in [2.75, 3.05) is 13.1 Å². The first-order chi connectivity index (χ1) is 7.51. The van der Waals surface area contributed by atoms with Crippen molar-refractivity contribution in [3.63, 3.8) is 0 Å². The summed E-state index contributed by atoms with van der Waals surface area (Å²) in [5, 5.41) is 0.278. The standard InChI is InChI=1S/C10H11BrClNO2S/c11-8-5-6-13(7-8)16(14,15)10-4-2-1-3-9(10)12/h1-4,8H,5-7H2. The molecule has 1 atom stereocenters. The van der Waals surface area contributed by atoms with Crippen LogP contribution in [0.5, 0.6) is 0 Å². The quantitative estimate of drug-likeness (QED) is 0.784. The van der Waals surface area contributed by atoms with Gasteiger partial charge in [-0.15, -0.1) is 0 Å². The van der Waals surface area contributed by atoms with Crippen molar-refractivity contribution in [2.45, 2.75) is 16.1 Å². The molecular weight excluding hydrogens is 314 g/mol. The molecule has 1 aromatic rings. The minimum atomic E-state index is -3.43. The number of nitrogens with zero attached hydrogens (tertiary/aromatic N) is 1.